The van der Waals surface area contributed by atoms with Crippen molar-refractivity contribution in [2.75, 3.05) is 26.4 Å². The molecular weight excluding hydrogens is 364 g/mol. The van der Waals surface area contributed by atoms with Crippen molar-refractivity contribution in [3.63, 3.8) is 0 Å². The van der Waals surface area contributed by atoms with Crippen LogP contribution in [0.2, 0.25) is 0 Å². The van der Waals surface area contributed by atoms with Crippen molar-refractivity contribution in [1.29, 1.82) is 0 Å². The molecule has 0 saturated heterocycles. The van der Waals surface area contributed by atoms with E-state index in [-0.39, 0.29) is 39.0 Å². The molecule has 0 aromatic rings. The summed E-state index contributed by atoms with van der Waals surface area (Å²) in [5.74, 6) is 0. The van der Waals surface area contributed by atoms with Crippen LogP contribution in [0.1, 0.15) is 78.1 Å². The Bertz CT molecular complexity index is 370. The van der Waals surface area contributed by atoms with E-state index in [1.807, 2.05) is 13.8 Å². The summed E-state index contributed by atoms with van der Waals surface area (Å²) in [5, 5.41) is 0. The van der Waals surface area contributed by atoms with E-state index in [1.165, 1.54) is 38.5 Å². The number of hydrogen-bond donors (Lipinski definition) is 0. The van der Waals surface area contributed by atoms with Gasteiger partial charge in [0, 0.05) is 0 Å². The van der Waals surface area contributed by atoms with E-state index in [2.05, 4.69) is 0 Å². The third-order valence-corrected chi connectivity index (χ3v) is 5.18. The van der Waals surface area contributed by atoms with Crippen molar-refractivity contribution in [3.8, 4) is 0 Å². The molecule has 2 fully saturated rings. The molecule has 7 heteroatoms. The van der Waals surface area contributed by atoms with Gasteiger partial charge in [0.25, 0.3) is 0 Å². The van der Waals surface area contributed by atoms with Crippen LogP contribution < -0.4 is 0 Å². The molecule has 0 aromatic heterocycles. The summed E-state index contributed by atoms with van der Waals surface area (Å²) in [6.07, 6.45) is 11.2. The normalized spacial score (nSPS) is 21.2. The van der Waals surface area contributed by atoms with E-state index in [0.29, 0.717) is 12.2 Å². The van der Waals surface area contributed by atoms with Gasteiger partial charge in [-0.25, -0.2) is 4.79 Å². The summed E-state index contributed by atoms with van der Waals surface area (Å²) in [6, 6.07) is 0. The average Bonchev–Trinajstić information content (AvgIpc) is 2.70. The highest BCUT2D eigenvalue weighted by Gasteiger charge is 2.18. The fourth-order valence-corrected chi connectivity index (χ4v) is 3.74. The minimum absolute atomic E-state index is 0.138. The summed E-state index contributed by atoms with van der Waals surface area (Å²) < 4.78 is 32.7. The molecule has 0 amide bonds. The zero-order chi connectivity index (χ0) is 20.0. The monoisotopic (exact) mass is 402 g/mol. The maximum absolute atomic E-state index is 11.5. The van der Waals surface area contributed by atoms with E-state index in [4.69, 9.17) is 28.4 Å². The fourth-order valence-electron chi connectivity index (χ4n) is 3.74. The van der Waals surface area contributed by atoms with Gasteiger partial charge in [0.2, 0.25) is 0 Å². The molecule has 28 heavy (non-hydrogen) atoms. The standard InChI is InChI=1S/C21H38O7/c1-17(27-19-9-5-3-6-10-19)23-13-15-25-21(22)26-16-14-24-18(2)28-20-11-7-4-8-12-20/h17-20H,3-16H2,1-2H3. The third kappa shape index (κ3) is 10.6. The molecule has 164 valence electrons. The maximum atomic E-state index is 11.5. The first-order chi connectivity index (χ1) is 13.6. The molecule has 2 atom stereocenters. The van der Waals surface area contributed by atoms with Crippen LogP contribution >= 0.6 is 0 Å². The lowest BCUT2D eigenvalue weighted by Crippen LogP contribution is -2.26. The largest absolute Gasteiger partial charge is 0.508 e. The highest BCUT2D eigenvalue weighted by molar-refractivity contribution is 5.59. The molecule has 2 rings (SSSR count). The molecule has 0 N–H and O–H groups in total. The van der Waals surface area contributed by atoms with Gasteiger partial charge in [-0.3, -0.25) is 0 Å². The Morgan fingerprint density at radius 3 is 1.46 bits per heavy atom. The van der Waals surface area contributed by atoms with Crippen LogP contribution in [-0.4, -0.2) is 57.4 Å². The Balaban J connectivity index is 1.40. The topological polar surface area (TPSA) is 72.5 Å². The van der Waals surface area contributed by atoms with Crippen molar-refractivity contribution >= 4 is 6.16 Å². The van der Waals surface area contributed by atoms with E-state index in [0.717, 1.165) is 25.7 Å². The zero-order valence-corrected chi connectivity index (χ0v) is 17.6. The van der Waals surface area contributed by atoms with Gasteiger partial charge in [0.1, 0.15) is 13.2 Å². The van der Waals surface area contributed by atoms with Gasteiger partial charge < -0.3 is 28.4 Å². The second-order valence-corrected chi connectivity index (χ2v) is 7.62. The predicted molar refractivity (Wildman–Crippen MR) is 104 cm³/mol. The Morgan fingerprint density at radius 2 is 1.07 bits per heavy atom. The highest BCUT2D eigenvalue weighted by atomic mass is 16.7. The summed E-state index contributed by atoms with van der Waals surface area (Å²) in [6.45, 7) is 4.59. The van der Waals surface area contributed by atoms with Gasteiger partial charge in [0.05, 0.1) is 25.4 Å². The van der Waals surface area contributed by atoms with E-state index in [9.17, 15) is 4.79 Å². The molecule has 0 aromatic carbocycles. The number of carbonyl (C=O) groups is 1. The fraction of sp³-hybridized carbons (Fsp3) is 0.952. The lowest BCUT2D eigenvalue weighted by Gasteiger charge is -2.25. The molecule has 2 aliphatic rings. The van der Waals surface area contributed by atoms with Crippen molar-refractivity contribution in [2.24, 2.45) is 0 Å². The van der Waals surface area contributed by atoms with Crippen LogP contribution in [0.15, 0.2) is 0 Å². The first-order valence-corrected chi connectivity index (χ1v) is 11.0. The second kappa shape index (κ2) is 14.1. The number of hydrogen-bond acceptors (Lipinski definition) is 7. The zero-order valence-electron chi connectivity index (χ0n) is 17.6. The summed E-state index contributed by atoms with van der Waals surface area (Å²) in [7, 11) is 0. The van der Waals surface area contributed by atoms with Crippen molar-refractivity contribution < 1.29 is 33.2 Å². The molecule has 2 aliphatic carbocycles. The third-order valence-electron chi connectivity index (χ3n) is 5.18. The number of ether oxygens (including phenoxy) is 6. The Kier molecular flexibility index (Phi) is 11.8. The molecule has 2 saturated carbocycles. The Hall–Kier alpha value is -0.890. The summed E-state index contributed by atoms with van der Waals surface area (Å²) in [5.41, 5.74) is 0. The molecule has 0 bridgehead atoms. The Morgan fingerprint density at radius 1 is 0.679 bits per heavy atom. The minimum atomic E-state index is -0.714. The number of rotatable bonds is 12. The quantitative estimate of drug-likeness (QED) is 0.269. The molecule has 0 radical (unpaired) electrons. The van der Waals surface area contributed by atoms with Crippen molar-refractivity contribution in [1.82, 2.24) is 0 Å². The van der Waals surface area contributed by atoms with Gasteiger partial charge in [-0.05, 0) is 39.5 Å². The van der Waals surface area contributed by atoms with Gasteiger partial charge in [-0.1, -0.05) is 38.5 Å². The van der Waals surface area contributed by atoms with Crippen LogP contribution in [0.5, 0.6) is 0 Å². The molecule has 0 heterocycles. The van der Waals surface area contributed by atoms with Gasteiger partial charge >= 0.3 is 6.16 Å². The van der Waals surface area contributed by atoms with Crippen molar-refractivity contribution in [2.45, 2.75) is 103 Å². The van der Waals surface area contributed by atoms with Gasteiger partial charge in [0.15, 0.2) is 12.6 Å². The molecule has 7 nitrogen and oxygen atoms in total. The van der Waals surface area contributed by atoms with Crippen molar-refractivity contribution in [3.05, 3.63) is 0 Å². The van der Waals surface area contributed by atoms with Crippen LogP contribution in [0, 0.1) is 0 Å². The molecule has 2 unspecified atom stereocenters. The minimum Gasteiger partial charge on any atom is -0.432 e. The number of carbonyl (C=O) groups excluding carboxylic acids is 1. The van der Waals surface area contributed by atoms with Crippen LogP contribution in [-0.2, 0) is 28.4 Å². The lowest BCUT2D eigenvalue weighted by atomic mass is 9.98. The highest BCUT2D eigenvalue weighted by Crippen LogP contribution is 2.22. The lowest BCUT2D eigenvalue weighted by molar-refractivity contribution is -0.173. The smallest absolute Gasteiger partial charge is 0.432 e. The first-order valence-electron chi connectivity index (χ1n) is 11.0. The Labute approximate surface area is 169 Å². The van der Waals surface area contributed by atoms with Crippen LogP contribution in [0.4, 0.5) is 4.79 Å². The van der Waals surface area contributed by atoms with Crippen LogP contribution in [0.25, 0.3) is 0 Å². The molecular formula is C21H38O7. The first kappa shape index (κ1) is 23.4. The van der Waals surface area contributed by atoms with Gasteiger partial charge in [-0.2, -0.15) is 0 Å². The van der Waals surface area contributed by atoms with E-state index < -0.39 is 6.16 Å². The summed E-state index contributed by atoms with van der Waals surface area (Å²) in [4.78, 5) is 11.5. The summed E-state index contributed by atoms with van der Waals surface area (Å²) >= 11 is 0. The molecule has 0 spiro atoms. The average molecular weight is 403 g/mol. The van der Waals surface area contributed by atoms with Crippen LogP contribution in [0.3, 0.4) is 0 Å². The molecule has 0 aliphatic heterocycles. The SMILES string of the molecule is CC(OCCOC(=O)OCCOC(C)OC1CCCCC1)OC1CCCCC1. The van der Waals surface area contributed by atoms with E-state index >= 15 is 0 Å². The maximum Gasteiger partial charge on any atom is 0.508 e. The van der Waals surface area contributed by atoms with E-state index in [1.54, 1.807) is 0 Å². The predicted octanol–water partition coefficient (Wildman–Crippen LogP) is 4.56. The van der Waals surface area contributed by atoms with Gasteiger partial charge in [-0.15, -0.1) is 0 Å². The second-order valence-electron chi connectivity index (χ2n) is 7.62.